The van der Waals surface area contributed by atoms with Gasteiger partial charge in [0.05, 0.1) is 7.11 Å². The van der Waals surface area contributed by atoms with E-state index >= 15 is 0 Å². The number of nitrogen functional groups attached to an aromatic ring is 1. The topological polar surface area (TPSA) is 102 Å². The molecule has 0 heterocycles. The van der Waals surface area contributed by atoms with Crippen molar-refractivity contribution in [2.75, 3.05) is 26.0 Å². The highest BCUT2D eigenvalue weighted by Gasteiger charge is 2.34. The molecule has 0 spiro atoms. The number of ether oxygens (including phenoxy) is 1. The Morgan fingerprint density at radius 1 is 1.38 bits per heavy atom. The van der Waals surface area contributed by atoms with E-state index in [4.69, 9.17) is 10.5 Å². The van der Waals surface area contributed by atoms with E-state index in [2.05, 4.69) is 4.72 Å². The van der Waals surface area contributed by atoms with Crippen LogP contribution in [0.4, 0.5) is 5.69 Å². The molecule has 4 N–H and O–H groups in total. The van der Waals surface area contributed by atoms with Gasteiger partial charge in [0.1, 0.15) is 10.6 Å². The van der Waals surface area contributed by atoms with E-state index in [1.807, 2.05) is 0 Å². The average Bonchev–Trinajstić information content (AvgIpc) is 2.94. The first kappa shape index (κ1) is 16.1. The minimum absolute atomic E-state index is 0.00556. The van der Waals surface area contributed by atoms with Gasteiger partial charge < -0.3 is 15.6 Å². The molecule has 118 valence electrons. The molecule has 0 aromatic heterocycles. The zero-order chi connectivity index (χ0) is 15.5. The van der Waals surface area contributed by atoms with Gasteiger partial charge in [-0.15, -0.1) is 0 Å². The summed E-state index contributed by atoms with van der Waals surface area (Å²) < 4.78 is 32.5. The lowest BCUT2D eigenvalue weighted by molar-refractivity contribution is 0.134. The molecule has 1 aliphatic carbocycles. The molecule has 1 aliphatic rings. The molecule has 0 radical (unpaired) electrons. The SMILES string of the molecule is COc1cc(N)ccc1S(=O)(=O)NCC1(CO)CCCC1. The maximum atomic E-state index is 12.4. The highest BCUT2D eigenvalue weighted by Crippen LogP contribution is 2.37. The Labute approximate surface area is 125 Å². The van der Waals surface area contributed by atoms with E-state index in [0.717, 1.165) is 25.7 Å². The maximum Gasteiger partial charge on any atom is 0.244 e. The van der Waals surface area contributed by atoms with Crippen LogP contribution in [0.3, 0.4) is 0 Å². The summed E-state index contributed by atoms with van der Waals surface area (Å²) >= 11 is 0. The lowest BCUT2D eigenvalue weighted by Crippen LogP contribution is -2.38. The smallest absolute Gasteiger partial charge is 0.244 e. The van der Waals surface area contributed by atoms with Gasteiger partial charge in [0.2, 0.25) is 10.0 Å². The number of rotatable bonds is 6. The highest BCUT2D eigenvalue weighted by atomic mass is 32.2. The van der Waals surface area contributed by atoms with E-state index in [1.54, 1.807) is 0 Å². The fraction of sp³-hybridized carbons (Fsp3) is 0.571. The summed E-state index contributed by atoms with van der Waals surface area (Å²) in [6, 6.07) is 4.43. The summed E-state index contributed by atoms with van der Waals surface area (Å²) in [5, 5.41) is 9.55. The number of aliphatic hydroxyl groups is 1. The fourth-order valence-corrected chi connectivity index (χ4v) is 4.05. The molecule has 0 saturated heterocycles. The third-order valence-electron chi connectivity index (χ3n) is 4.11. The van der Waals surface area contributed by atoms with Crippen molar-refractivity contribution >= 4 is 15.7 Å². The Bertz CT molecular complexity index is 595. The third-order valence-corrected chi connectivity index (χ3v) is 5.55. The van der Waals surface area contributed by atoms with Crippen LogP contribution in [0.1, 0.15) is 25.7 Å². The molecule has 6 nitrogen and oxygen atoms in total. The van der Waals surface area contributed by atoms with Crippen LogP contribution in [-0.2, 0) is 10.0 Å². The van der Waals surface area contributed by atoms with Crippen molar-refractivity contribution in [3.63, 3.8) is 0 Å². The van der Waals surface area contributed by atoms with Crippen molar-refractivity contribution in [3.05, 3.63) is 18.2 Å². The molecular weight excluding hydrogens is 292 g/mol. The van der Waals surface area contributed by atoms with Crippen molar-refractivity contribution in [1.29, 1.82) is 0 Å². The van der Waals surface area contributed by atoms with E-state index in [-0.39, 0.29) is 29.2 Å². The van der Waals surface area contributed by atoms with Crippen LogP contribution in [0.15, 0.2) is 23.1 Å². The number of benzene rings is 1. The number of nitrogens with one attached hydrogen (secondary N) is 1. The van der Waals surface area contributed by atoms with Crippen molar-refractivity contribution in [1.82, 2.24) is 4.72 Å². The molecule has 7 heteroatoms. The van der Waals surface area contributed by atoms with Gasteiger partial charge in [-0.25, -0.2) is 13.1 Å². The zero-order valence-electron chi connectivity index (χ0n) is 12.1. The van der Waals surface area contributed by atoms with Gasteiger partial charge in [0, 0.05) is 30.3 Å². The van der Waals surface area contributed by atoms with Crippen molar-refractivity contribution in [3.8, 4) is 5.75 Å². The number of sulfonamides is 1. The predicted octanol–water partition coefficient (Wildman–Crippen LogP) is 1.11. The molecule has 0 amide bonds. The van der Waals surface area contributed by atoms with Gasteiger partial charge >= 0.3 is 0 Å². The summed E-state index contributed by atoms with van der Waals surface area (Å²) in [6.45, 7) is 0.230. The number of nitrogens with two attached hydrogens (primary N) is 1. The van der Waals surface area contributed by atoms with Crippen LogP contribution in [0.25, 0.3) is 0 Å². The van der Waals surface area contributed by atoms with Crippen LogP contribution < -0.4 is 15.2 Å². The zero-order valence-corrected chi connectivity index (χ0v) is 12.9. The van der Waals surface area contributed by atoms with Crippen molar-refractivity contribution in [2.45, 2.75) is 30.6 Å². The van der Waals surface area contributed by atoms with E-state index in [1.165, 1.54) is 25.3 Å². The second-order valence-corrected chi connectivity index (χ2v) is 7.34. The second-order valence-electron chi connectivity index (χ2n) is 5.60. The van der Waals surface area contributed by atoms with E-state index in [9.17, 15) is 13.5 Å². The summed E-state index contributed by atoms with van der Waals surface area (Å²) in [7, 11) is -2.29. The first-order valence-electron chi connectivity index (χ1n) is 6.96. The molecule has 21 heavy (non-hydrogen) atoms. The van der Waals surface area contributed by atoms with Crippen LogP contribution >= 0.6 is 0 Å². The first-order chi connectivity index (χ1) is 9.92. The van der Waals surface area contributed by atoms with E-state index in [0.29, 0.717) is 5.69 Å². The monoisotopic (exact) mass is 314 g/mol. The van der Waals surface area contributed by atoms with Gasteiger partial charge in [0.15, 0.2) is 0 Å². The van der Waals surface area contributed by atoms with Crippen LogP contribution in [-0.4, -0.2) is 33.8 Å². The number of aliphatic hydroxyl groups excluding tert-OH is 1. The van der Waals surface area contributed by atoms with Crippen LogP contribution in [0, 0.1) is 5.41 Å². The molecule has 1 aromatic rings. The Balaban J connectivity index is 2.19. The largest absolute Gasteiger partial charge is 0.495 e. The average molecular weight is 314 g/mol. The molecule has 0 atom stereocenters. The first-order valence-corrected chi connectivity index (χ1v) is 8.45. The van der Waals surface area contributed by atoms with Crippen LogP contribution in [0.5, 0.6) is 5.75 Å². The standard InChI is InChI=1S/C14H22N2O4S/c1-20-12-8-11(15)4-5-13(12)21(18,19)16-9-14(10-17)6-2-3-7-14/h4-5,8,16-17H,2-3,6-7,9-10,15H2,1H3. The molecule has 1 fully saturated rings. The molecule has 0 aliphatic heterocycles. The minimum atomic E-state index is -3.70. The lowest BCUT2D eigenvalue weighted by Gasteiger charge is -2.26. The Morgan fingerprint density at radius 2 is 2.05 bits per heavy atom. The Kier molecular flexibility index (Phi) is 4.75. The number of hydrogen-bond donors (Lipinski definition) is 3. The number of anilines is 1. The van der Waals surface area contributed by atoms with Crippen LogP contribution in [0.2, 0.25) is 0 Å². The van der Waals surface area contributed by atoms with Gasteiger partial charge in [0.25, 0.3) is 0 Å². The van der Waals surface area contributed by atoms with Gasteiger partial charge in [-0.2, -0.15) is 0 Å². The number of methoxy groups -OCH3 is 1. The molecule has 2 rings (SSSR count). The Hall–Kier alpha value is -1.31. The lowest BCUT2D eigenvalue weighted by atomic mass is 9.88. The normalized spacial score (nSPS) is 17.8. The van der Waals surface area contributed by atoms with Crippen molar-refractivity contribution < 1.29 is 18.3 Å². The summed E-state index contributed by atoms with van der Waals surface area (Å²) in [6.07, 6.45) is 3.72. The number of hydrogen-bond acceptors (Lipinski definition) is 5. The van der Waals surface area contributed by atoms with E-state index < -0.39 is 10.0 Å². The predicted molar refractivity (Wildman–Crippen MR) is 80.6 cm³/mol. The molecule has 1 saturated carbocycles. The maximum absolute atomic E-state index is 12.4. The molecule has 1 aromatic carbocycles. The minimum Gasteiger partial charge on any atom is -0.495 e. The summed E-state index contributed by atoms with van der Waals surface area (Å²) in [4.78, 5) is 0.0605. The van der Waals surface area contributed by atoms with Gasteiger partial charge in [-0.05, 0) is 25.0 Å². The van der Waals surface area contributed by atoms with Gasteiger partial charge in [-0.3, -0.25) is 0 Å². The molecule has 0 bridgehead atoms. The quantitative estimate of drug-likeness (QED) is 0.683. The third kappa shape index (κ3) is 3.48. The molecule has 0 unspecified atom stereocenters. The summed E-state index contributed by atoms with van der Waals surface area (Å²) in [5.41, 5.74) is 5.73. The van der Waals surface area contributed by atoms with Gasteiger partial charge in [-0.1, -0.05) is 12.8 Å². The highest BCUT2D eigenvalue weighted by molar-refractivity contribution is 7.89. The summed E-state index contributed by atoms with van der Waals surface area (Å²) in [5.74, 6) is 0.215. The van der Waals surface area contributed by atoms with Crippen molar-refractivity contribution in [2.24, 2.45) is 5.41 Å². The second kappa shape index (κ2) is 6.21. The fourth-order valence-electron chi connectivity index (χ4n) is 2.75. The molecular formula is C14H22N2O4S. The Morgan fingerprint density at radius 3 is 2.62 bits per heavy atom.